The van der Waals surface area contributed by atoms with E-state index < -0.39 is 5.41 Å². The molecule has 0 atom stereocenters. The number of halogens is 1. The summed E-state index contributed by atoms with van der Waals surface area (Å²) in [6, 6.07) is 13.9. The van der Waals surface area contributed by atoms with Crippen molar-refractivity contribution in [2.24, 2.45) is 5.41 Å². The Morgan fingerprint density at radius 1 is 1.10 bits per heavy atom. The second kappa shape index (κ2) is 9.44. The lowest BCUT2D eigenvalue weighted by Gasteiger charge is -2.16. The van der Waals surface area contributed by atoms with Crippen LogP contribution in [0.25, 0.3) is 17.6 Å². The molecule has 0 bridgehead atoms. The van der Waals surface area contributed by atoms with Gasteiger partial charge in [-0.2, -0.15) is 0 Å². The van der Waals surface area contributed by atoms with E-state index in [1.165, 1.54) is 23.3 Å². The molecule has 1 aromatic heterocycles. The molecule has 0 spiro atoms. The fourth-order valence-electron chi connectivity index (χ4n) is 2.31. The van der Waals surface area contributed by atoms with E-state index >= 15 is 0 Å². The summed E-state index contributed by atoms with van der Waals surface area (Å²) in [6.07, 6.45) is 4.34. The van der Waals surface area contributed by atoms with Crippen LogP contribution in [0.4, 0.5) is 11.4 Å². The number of rotatable bonds is 6. The standard InChI is InChI=1S/C22H22ClN5O3/c1-22(2,3)21(30)31-27-18-9-7-17(8-10-18)25-19(29)11-12-28-14-24-20(26-28)15-5-4-6-16(23)13-15/h4-14,27H,1-3H3,(H,25,29)/b12-11+. The maximum Gasteiger partial charge on any atom is 0.337 e. The molecule has 0 radical (unpaired) electrons. The molecule has 31 heavy (non-hydrogen) atoms. The largest absolute Gasteiger partial charge is 0.343 e. The number of hydrogen-bond acceptors (Lipinski definition) is 6. The molecule has 0 saturated carbocycles. The number of aromatic nitrogens is 3. The first-order valence-electron chi connectivity index (χ1n) is 9.44. The second-order valence-electron chi connectivity index (χ2n) is 7.68. The van der Waals surface area contributed by atoms with Gasteiger partial charge in [0.05, 0.1) is 11.1 Å². The lowest BCUT2D eigenvalue weighted by Crippen LogP contribution is -2.25. The summed E-state index contributed by atoms with van der Waals surface area (Å²) in [5.41, 5.74) is 3.94. The van der Waals surface area contributed by atoms with Crippen LogP contribution < -0.4 is 10.8 Å². The summed E-state index contributed by atoms with van der Waals surface area (Å²) >= 11 is 5.99. The maximum atomic E-state index is 12.2. The van der Waals surface area contributed by atoms with E-state index in [1.807, 2.05) is 12.1 Å². The molecule has 9 heteroatoms. The molecule has 0 aliphatic heterocycles. The van der Waals surface area contributed by atoms with Gasteiger partial charge in [0, 0.05) is 28.5 Å². The number of amides is 1. The lowest BCUT2D eigenvalue weighted by molar-refractivity contribution is -0.149. The maximum absolute atomic E-state index is 12.2. The zero-order valence-corrected chi connectivity index (χ0v) is 18.1. The molecule has 0 aliphatic rings. The predicted octanol–water partition coefficient (Wildman–Crippen LogP) is 4.62. The SMILES string of the molecule is CC(C)(C)C(=O)ONc1ccc(NC(=O)/C=C/n2cnc(-c3cccc(Cl)c3)n2)cc1. The Labute approximate surface area is 184 Å². The van der Waals surface area contributed by atoms with Crippen LogP contribution in [0.3, 0.4) is 0 Å². The minimum atomic E-state index is -0.605. The van der Waals surface area contributed by atoms with Crippen molar-refractivity contribution < 1.29 is 14.4 Å². The predicted molar refractivity (Wildman–Crippen MR) is 120 cm³/mol. The smallest absolute Gasteiger partial charge is 0.337 e. The molecule has 2 N–H and O–H groups in total. The van der Waals surface area contributed by atoms with Gasteiger partial charge in [-0.05, 0) is 57.2 Å². The Morgan fingerprint density at radius 2 is 1.81 bits per heavy atom. The molecular weight excluding hydrogens is 418 g/mol. The van der Waals surface area contributed by atoms with E-state index in [-0.39, 0.29) is 11.9 Å². The normalized spacial score (nSPS) is 11.4. The summed E-state index contributed by atoms with van der Waals surface area (Å²) in [5, 5.41) is 7.62. The first-order chi connectivity index (χ1) is 14.7. The van der Waals surface area contributed by atoms with Gasteiger partial charge in [-0.15, -0.1) is 5.10 Å². The van der Waals surface area contributed by atoms with Crippen molar-refractivity contribution in [3.63, 3.8) is 0 Å². The molecule has 0 fully saturated rings. The molecule has 2 aromatic carbocycles. The van der Waals surface area contributed by atoms with Crippen molar-refractivity contribution in [1.82, 2.24) is 14.8 Å². The fourth-order valence-corrected chi connectivity index (χ4v) is 2.50. The molecular formula is C22H22ClN5O3. The third kappa shape index (κ3) is 6.42. The van der Waals surface area contributed by atoms with Gasteiger partial charge in [0.25, 0.3) is 0 Å². The molecule has 1 amide bonds. The highest BCUT2D eigenvalue weighted by molar-refractivity contribution is 6.30. The fraction of sp³-hybridized carbons (Fsp3) is 0.182. The molecule has 0 unspecified atom stereocenters. The molecule has 0 aliphatic carbocycles. The van der Waals surface area contributed by atoms with E-state index in [9.17, 15) is 9.59 Å². The zero-order chi connectivity index (χ0) is 22.4. The van der Waals surface area contributed by atoms with Gasteiger partial charge in [0.2, 0.25) is 5.91 Å². The summed E-state index contributed by atoms with van der Waals surface area (Å²) in [5.74, 6) is -0.205. The Kier molecular flexibility index (Phi) is 6.71. The van der Waals surface area contributed by atoms with Crippen LogP contribution in [0.2, 0.25) is 5.02 Å². The number of nitrogens with zero attached hydrogens (tertiary/aromatic N) is 3. The van der Waals surface area contributed by atoms with E-state index in [4.69, 9.17) is 16.4 Å². The summed E-state index contributed by atoms with van der Waals surface area (Å²) in [6.45, 7) is 5.29. The highest BCUT2D eigenvalue weighted by atomic mass is 35.5. The van der Waals surface area contributed by atoms with Crippen LogP contribution in [0.5, 0.6) is 0 Å². The van der Waals surface area contributed by atoms with Crippen LogP contribution in [0.1, 0.15) is 20.8 Å². The lowest BCUT2D eigenvalue weighted by atomic mass is 9.98. The Balaban J connectivity index is 1.54. The van der Waals surface area contributed by atoms with Crippen LogP contribution >= 0.6 is 11.6 Å². The Morgan fingerprint density at radius 3 is 2.48 bits per heavy atom. The minimum Gasteiger partial charge on any atom is -0.343 e. The highest BCUT2D eigenvalue weighted by Crippen LogP contribution is 2.19. The number of nitrogens with one attached hydrogen (secondary N) is 2. The third-order valence-corrected chi connectivity index (χ3v) is 4.23. The van der Waals surface area contributed by atoms with Gasteiger partial charge in [-0.3, -0.25) is 4.79 Å². The van der Waals surface area contributed by atoms with Crippen molar-refractivity contribution in [3.8, 4) is 11.4 Å². The molecule has 1 heterocycles. The van der Waals surface area contributed by atoms with Crippen LogP contribution in [0, 0.1) is 5.41 Å². The first-order valence-corrected chi connectivity index (χ1v) is 9.82. The quantitative estimate of drug-likeness (QED) is 0.429. The molecule has 8 nitrogen and oxygen atoms in total. The molecule has 3 aromatic rings. The summed E-state index contributed by atoms with van der Waals surface area (Å²) in [4.78, 5) is 33.2. The summed E-state index contributed by atoms with van der Waals surface area (Å²) < 4.78 is 1.44. The molecule has 0 saturated heterocycles. The van der Waals surface area contributed by atoms with Gasteiger partial charge >= 0.3 is 5.97 Å². The minimum absolute atomic E-state index is 0.334. The van der Waals surface area contributed by atoms with E-state index in [0.717, 1.165) is 5.56 Å². The van der Waals surface area contributed by atoms with E-state index in [0.29, 0.717) is 22.2 Å². The van der Waals surface area contributed by atoms with Crippen molar-refractivity contribution in [1.29, 1.82) is 0 Å². The van der Waals surface area contributed by atoms with Crippen molar-refractivity contribution >= 4 is 41.1 Å². The topological polar surface area (TPSA) is 98.1 Å². The van der Waals surface area contributed by atoms with Gasteiger partial charge in [-0.25, -0.2) is 19.9 Å². The third-order valence-electron chi connectivity index (χ3n) is 4.00. The van der Waals surface area contributed by atoms with Crippen molar-refractivity contribution in [2.75, 3.05) is 10.8 Å². The summed E-state index contributed by atoms with van der Waals surface area (Å²) in [7, 11) is 0. The molecule has 3 rings (SSSR count). The van der Waals surface area contributed by atoms with E-state index in [2.05, 4.69) is 20.9 Å². The number of benzene rings is 2. The molecule has 160 valence electrons. The van der Waals surface area contributed by atoms with Crippen LogP contribution in [0.15, 0.2) is 60.9 Å². The monoisotopic (exact) mass is 439 g/mol. The van der Waals surface area contributed by atoms with Crippen LogP contribution in [-0.2, 0) is 14.4 Å². The van der Waals surface area contributed by atoms with Gasteiger partial charge in [0.1, 0.15) is 6.33 Å². The highest BCUT2D eigenvalue weighted by Gasteiger charge is 2.23. The average molecular weight is 440 g/mol. The van der Waals surface area contributed by atoms with E-state index in [1.54, 1.807) is 57.2 Å². The second-order valence-corrected chi connectivity index (χ2v) is 8.12. The van der Waals surface area contributed by atoms with Gasteiger partial charge in [0.15, 0.2) is 5.82 Å². The number of anilines is 2. The van der Waals surface area contributed by atoms with Gasteiger partial charge in [-0.1, -0.05) is 23.7 Å². The van der Waals surface area contributed by atoms with Gasteiger partial charge < -0.3 is 10.2 Å². The first kappa shape index (κ1) is 22.0. The average Bonchev–Trinajstić information content (AvgIpc) is 3.20. The Bertz CT molecular complexity index is 1100. The zero-order valence-electron chi connectivity index (χ0n) is 17.3. The van der Waals surface area contributed by atoms with Crippen molar-refractivity contribution in [2.45, 2.75) is 20.8 Å². The Hall–Kier alpha value is -3.65. The van der Waals surface area contributed by atoms with Crippen molar-refractivity contribution in [3.05, 3.63) is 66.0 Å². The number of carbonyl (C=O) groups is 2. The number of hydrogen-bond donors (Lipinski definition) is 2. The van der Waals surface area contributed by atoms with Crippen LogP contribution in [-0.4, -0.2) is 26.6 Å². The number of carbonyl (C=O) groups excluding carboxylic acids is 2.